The number of primary amides is 1. The quantitative estimate of drug-likeness (QED) is 0.487. The molecular formula is C7H9N2O-. The molecule has 0 aromatic heterocycles. The Morgan fingerprint density at radius 1 is 1.70 bits per heavy atom. The van der Waals surface area contributed by atoms with Crippen molar-refractivity contribution in [3.8, 4) is 0 Å². The molecule has 10 heavy (non-hydrogen) atoms. The zero-order valence-electron chi connectivity index (χ0n) is 5.45. The molecule has 0 aliphatic heterocycles. The molecule has 1 unspecified atom stereocenters. The highest BCUT2D eigenvalue weighted by atomic mass is 16.1. The summed E-state index contributed by atoms with van der Waals surface area (Å²) < 4.78 is 0. The van der Waals surface area contributed by atoms with E-state index in [9.17, 15) is 4.79 Å². The third kappa shape index (κ3) is 1.31. The summed E-state index contributed by atoms with van der Waals surface area (Å²) in [6.45, 7) is 0. The SMILES string of the molecule is NC(=O)C1C=CC(N)=C[CH-]1. The van der Waals surface area contributed by atoms with Crippen LogP contribution in [-0.2, 0) is 4.79 Å². The fraction of sp³-hybridized carbons (Fsp3) is 0.143. The Morgan fingerprint density at radius 2 is 2.40 bits per heavy atom. The summed E-state index contributed by atoms with van der Waals surface area (Å²) >= 11 is 0. The molecule has 0 aromatic rings. The fourth-order valence-corrected chi connectivity index (χ4v) is 0.739. The topological polar surface area (TPSA) is 69.1 Å². The zero-order chi connectivity index (χ0) is 7.56. The molecule has 1 amide bonds. The van der Waals surface area contributed by atoms with Gasteiger partial charge in [-0.15, -0.1) is 17.8 Å². The van der Waals surface area contributed by atoms with E-state index in [0.29, 0.717) is 5.70 Å². The van der Waals surface area contributed by atoms with Crippen LogP contribution in [0.5, 0.6) is 0 Å². The van der Waals surface area contributed by atoms with Crippen LogP contribution >= 0.6 is 0 Å². The van der Waals surface area contributed by atoms with Crippen molar-refractivity contribution in [1.82, 2.24) is 0 Å². The number of carbonyl (C=O) groups excluding carboxylic acids is 1. The molecule has 0 aromatic carbocycles. The minimum absolute atomic E-state index is 0.285. The molecule has 0 radical (unpaired) electrons. The number of nitrogens with two attached hydrogens (primary N) is 2. The monoisotopic (exact) mass is 137 g/mol. The van der Waals surface area contributed by atoms with E-state index in [4.69, 9.17) is 11.5 Å². The molecule has 1 rings (SSSR count). The van der Waals surface area contributed by atoms with Gasteiger partial charge < -0.3 is 11.5 Å². The lowest BCUT2D eigenvalue weighted by molar-refractivity contribution is -0.119. The van der Waals surface area contributed by atoms with Crippen LogP contribution in [0.1, 0.15) is 0 Å². The Bertz CT molecular complexity index is 206. The third-order valence-corrected chi connectivity index (χ3v) is 1.32. The minimum atomic E-state index is -0.347. The lowest BCUT2D eigenvalue weighted by atomic mass is 9.99. The Labute approximate surface area is 59.4 Å². The van der Waals surface area contributed by atoms with Gasteiger partial charge in [-0.2, -0.15) is 0 Å². The predicted molar refractivity (Wildman–Crippen MR) is 38.4 cm³/mol. The van der Waals surface area contributed by atoms with Gasteiger partial charge in [-0.3, -0.25) is 4.79 Å². The van der Waals surface area contributed by atoms with E-state index in [0.717, 1.165) is 0 Å². The summed E-state index contributed by atoms with van der Waals surface area (Å²) in [5.74, 6) is -0.632. The van der Waals surface area contributed by atoms with E-state index in [2.05, 4.69) is 0 Å². The van der Waals surface area contributed by atoms with Gasteiger partial charge in [0, 0.05) is 5.92 Å². The molecule has 0 saturated heterocycles. The van der Waals surface area contributed by atoms with Gasteiger partial charge in [0.25, 0.3) is 0 Å². The van der Waals surface area contributed by atoms with Crippen molar-refractivity contribution in [2.75, 3.05) is 0 Å². The smallest absolute Gasteiger partial charge is 0.211 e. The lowest BCUT2D eigenvalue weighted by Crippen LogP contribution is -2.23. The number of rotatable bonds is 1. The number of amides is 1. The van der Waals surface area contributed by atoms with Gasteiger partial charge >= 0.3 is 0 Å². The Balaban J connectivity index is 2.60. The van der Waals surface area contributed by atoms with E-state index in [1.807, 2.05) is 0 Å². The van der Waals surface area contributed by atoms with Crippen LogP contribution in [0, 0.1) is 12.3 Å². The molecule has 0 heterocycles. The van der Waals surface area contributed by atoms with Crippen LogP contribution in [0.25, 0.3) is 0 Å². The average molecular weight is 137 g/mol. The van der Waals surface area contributed by atoms with E-state index in [1.54, 1.807) is 24.6 Å². The maximum Gasteiger partial charge on any atom is 0.211 e. The molecule has 4 N–H and O–H groups in total. The highest BCUT2D eigenvalue weighted by Gasteiger charge is 2.05. The zero-order valence-corrected chi connectivity index (χ0v) is 5.45. The second kappa shape index (κ2) is 2.47. The number of hydrogen-bond donors (Lipinski definition) is 2. The summed E-state index contributed by atoms with van der Waals surface area (Å²) in [5, 5.41) is 0. The molecule has 1 atom stereocenters. The molecule has 54 valence electrons. The first kappa shape index (κ1) is 6.74. The second-order valence-corrected chi connectivity index (χ2v) is 2.15. The van der Waals surface area contributed by atoms with Gasteiger partial charge in [0.15, 0.2) is 0 Å². The lowest BCUT2D eigenvalue weighted by Gasteiger charge is -2.18. The fourth-order valence-electron chi connectivity index (χ4n) is 0.739. The van der Waals surface area contributed by atoms with Gasteiger partial charge in [0.2, 0.25) is 5.91 Å². The summed E-state index contributed by atoms with van der Waals surface area (Å²) in [7, 11) is 0. The molecular weight excluding hydrogens is 128 g/mol. The van der Waals surface area contributed by atoms with Crippen LogP contribution in [0.2, 0.25) is 0 Å². The first-order valence-corrected chi connectivity index (χ1v) is 2.98. The minimum Gasteiger partial charge on any atom is -0.475 e. The van der Waals surface area contributed by atoms with E-state index >= 15 is 0 Å². The summed E-state index contributed by atoms with van der Waals surface area (Å²) in [5.41, 5.74) is 11.1. The maximum absolute atomic E-state index is 10.5. The standard InChI is InChI=1S/C7H9N2O/c8-6-3-1-5(2-4-6)7(9)10/h1-5H,8H2,(H2,9,10)/q-1. The van der Waals surface area contributed by atoms with Crippen LogP contribution in [0.15, 0.2) is 23.9 Å². The molecule has 3 nitrogen and oxygen atoms in total. The van der Waals surface area contributed by atoms with Crippen molar-refractivity contribution in [1.29, 1.82) is 0 Å². The van der Waals surface area contributed by atoms with Gasteiger partial charge in [-0.1, -0.05) is 0 Å². The highest BCUT2D eigenvalue weighted by molar-refractivity contribution is 5.80. The van der Waals surface area contributed by atoms with E-state index in [-0.39, 0.29) is 11.8 Å². The van der Waals surface area contributed by atoms with Crippen molar-refractivity contribution in [3.63, 3.8) is 0 Å². The van der Waals surface area contributed by atoms with Gasteiger partial charge in [-0.05, 0) is 0 Å². The second-order valence-electron chi connectivity index (χ2n) is 2.15. The van der Waals surface area contributed by atoms with E-state index in [1.165, 1.54) is 0 Å². The summed E-state index contributed by atoms with van der Waals surface area (Å²) in [6, 6.07) is 0. The average Bonchev–Trinajstić information content (AvgIpc) is 1.88. The Morgan fingerprint density at radius 3 is 2.80 bits per heavy atom. The number of hydrogen-bond acceptors (Lipinski definition) is 2. The molecule has 0 spiro atoms. The molecule has 3 heteroatoms. The van der Waals surface area contributed by atoms with Crippen LogP contribution in [-0.4, -0.2) is 5.91 Å². The molecule has 0 bridgehead atoms. The summed E-state index contributed by atoms with van der Waals surface area (Å²) in [4.78, 5) is 10.5. The predicted octanol–water partition coefficient (Wildman–Crippen LogP) is -0.295. The first-order chi connectivity index (χ1) is 4.70. The number of carbonyl (C=O) groups is 1. The van der Waals surface area contributed by atoms with Crippen molar-refractivity contribution < 1.29 is 4.79 Å². The van der Waals surface area contributed by atoms with Gasteiger partial charge in [-0.25, -0.2) is 12.5 Å². The Hall–Kier alpha value is -1.38. The molecule has 1 aliphatic carbocycles. The largest absolute Gasteiger partial charge is 0.475 e. The van der Waals surface area contributed by atoms with Crippen LogP contribution in [0.4, 0.5) is 0 Å². The van der Waals surface area contributed by atoms with Gasteiger partial charge in [0.05, 0.1) is 0 Å². The normalized spacial score (nSPS) is 23.2. The van der Waals surface area contributed by atoms with Crippen molar-refractivity contribution in [2.24, 2.45) is 17.4 Å². The van der Waals surface area contributed by atoms with Crippen LogP contribution < -0.4 is 11.5 Å². The third-order valence-electron chi connectivity index (χ3n) is 1.32. The van der Waals surface area contributed by atoms with Crippen molar-refractivity contribution >= 4 is 5.91 Å². The highest BCUT2D eigenvalue weighted by Crippen LogP contribution is 2.11. The molecule has 0 fully saturated rings. The number of allylic oxidation sites excluding steroid dienone is 2. The maximum atomic E-state index is 10.5. The Kier molecular flexibility index (Phi) is 1.67. The molecule has 1 aliphatic rings. The molecule has 0 saturated carbocycles. The van der Waals surface area contributed by atoms with Gasteiger partial charge in [0.1, 0.15) is 0 Å². The van der Waals surface area contributed by atoms with Crippen molar-refractivity contribution in [2.45, 2.75) is 0 Å². The summed E-state index contributed by atoms with van der Waals surface area (Å²) in [6.07, 6.45) is 6.71. The van der Waals surface area contributed by atoms with Crippen molar-refractivity contribution in [3.05, 3.63) is 30.3 Å². The van der Waals surface area contributed by atoms with E-state index < -0.39 is 0 Å². The van der Waals surface area contributed by atoms with Crippen LogP contribution in [0.3, 0.4) is 0 Å². The first-order valence-electron chi connectivity index (χ1n) is 2.98.